The number of anilines is 1. The van der Waals surface area contributed by atoms with Crippen LogP contribution < -0.4 is 9.64 Å². The lowest BCUT2D eigenvalue weighted by atomic mass is 9.72. The van der Waals surface area contributed by atoms with Crippen LogP contribution in [0, 0.1) is 0 Å². The number of likely N-dealkylation sites (tertiary alicyclic amines) is 1. The van der Waals surface area contributed by atoms with Crippen LogP contribution in [0.5, 0.6) is 5.88 Å². The highest BCUT2D eigenvalue weighted by Crippen LogP contribution is 2.50. The second kappa shape index (κ2) is 9.76. The zero-order valence-electron chi connectivity index (χ0n) is 21.6. The lowest BCUT2D eigenvalue weighted by molar-refractivity contribution is -0.125. The number of amides is 1. The normalized spacial score (nSPS) is 18.3. The van der Waals surface area contributed by atoms with Crippen LogP contribution in [0.15, 0.2) is 42.7 Å². The molecule has 1 N–H and O–H groups in total. The van der Waals surface area contributed by atoms with Gasteiger partial charge >= 0.3 is 0 Å². The van der Waals surface area contributed by atoms with Gasteiger partial charge in [-0.3, -0.25) is 14.7 Å². The summed E-state index contributed by atoms with van der Waals surface area (Å²) in [5, 5.41) is 11.1. The monoisotopic (exact) mass is 489 g/mol. The van der Waals surface area contributed by atoms with Crippen LogP contribution in [0.3, 0.4) is 0 Å². The van der Waals surface area contributed by atoms with E-state index in [1.807, 2.05) is 42.5 Å². The quantitative estimate of drug-likeness (QED) is 0.510. The molecular weight excluding hydrogens is 454 g/mol. The summed E-state index contributed by atoms with van der Waals surface area (Å²) < 4.78 is 5.79. The minimum absolute atomic E-state index is 0.125. The van der Waals surface area contributed by atoms with Gasteiger partial charge in [0, 0.05) is 55.5 Å². The molecule has 8 heteroatoms. The van der Waals surface area contributed by atoms with Crippen molar-refractivity contribution in [2.45, 2.75) is 37.8 Å². The van der Waals surface area contributed by atoms with Crippen LogP contribution in [0.4, 0.5) is 5.69 Å². The zero-order valence-corrected chi connectivity index (χ0v) is 21.6. The molecule has 2 aromatic heterocycles. The fourth-order valence-electron chi connectivity index (χ4n) is 5.59. The molecule has 0 aliphatic carbocycles. The third-order valence-corrected chi connectivity index (χ3v) is 7.65. The van der Waals surface area contributed by atoms with Crippen molar-refractivity contribution in [3.05, 3.63) is 48.3 Å². The number of likely N-dealkylation sites (N-methyl/N-ethyl adjacent to an activating group) is 1. The number of hydrogen-bond donors (Lipinski definition) is 1. The molecule has 1 fully saturated rings. The van der Waals surface area contributed by atoms with Crippen molar-refractivity contribution in [2.75, 3.05) is 52.3 Å². The molecule has 36 heavy (non-hydrogen) atoms. The predicted molar refractivity (Wildman–Crippen MR) is 141 cm³/mol. The molecule has 1 atom stereocenters. The van der Waals surface area contributed by atoms with E-state index in [0.29, 0.717) is 38.4 Å². The Labute approximate surface area is 212 Å². The Morgan fingerprint density at radius 3 is 2.53 bits per heavy atom. The van der Waals surface area contributed by atoms with E-state index in [9.17, 15) is 9.90 Å². The van der Waals surface area contributed by atoms with Crippen molar-refractivity contribution in [1.29, 1.82) is 0 Å². The molecule has 2 aliphatic heterocycles. The van der Waals surface area contributed by atoms with Gasteiger partial charge in [0.05, 0.1) is 29.4 Å². The highest BCUT2D eigenvalue weighted by Gasteiger charge is 2.52. The molecule has 1 aromatic carbocycles. The van der Waals surface area contributed by atoms with E-state index >= 15 is 0 Å². The maximum atomic E-state index is 13.6. The number of aromatic nitrogens is 2. The van der Waals surface area contributed by atoms with Gasteiger partial charge in [0.1, 0.15) is 6.23 Å². The second-order valence-electron chi connectivity index (χ2n) is 10.3. The molecule has 1 amide bonds. The van der Waals surface area contributed by atoms with Crippen LogP contribution >= 0.6 is 0 Å². The van der Waals surface area contributed by atoms with Crippen molar-refractivity contribution in [2.24, 2.45) is 0 Å². The Morgan fingerprint density at radius 2 is 1.86 bits per heavy atom. The van der Waals surface area contributed by atoms with Gasteiger partial charge in [-0.1, -0.05) is 6.07 Å². The number of rotatable bonds is 7. The summed E-state index contributed by atoms with van der Waals surface area (Å²) in [7, 11) is 5.95. The van der Waals surface area contributed by atoms with Crippen LogP contribution in [0.2, 0.25) is 0 Å². The van der Waals surface area contributed by atoms with Gasteiger partial charge < -0.3 is 19.6 Å². The van der Waals surface area contributed by atoms with E-state index in [4.69, 9.17) is 4.74 Å². The summed E-state index contributed by atoms with van der Waals surface area (Å²) in [6, 6.07) is 10.2. The van der Waals surface area contributed by atoms with Gasteiger partial charge in [0.2, 0.25) is 11.8 Å². The number of fused-ring (bicyclic) bond motifs is 4. The van der Waals surface area contributed by atoms with Crippen molar-refractivity contribution in [3.8, 4) is 17.0 Å². The van der Waals surface area contributed by atoms with Crippen LogP contribution in [-0.4, -0.2) is 84.4 Å². The third kappa shape index (κ3) is 4.34. The first kappa shape index (κ1) is 24.6. The maximum absolute atomic E-state index is 13.6. The molecular formula is C28H35N5O3. The number of hydrogen-bond acceptors (Lipinski definition) is 7. The summed E-state index contributed by atoms with van der Waals surface area (Å²) in [4.78, 5) is 28.7. The lowest BCUT2D eigenvalue weighted by Gasteiger charge is -2.39. The SMILES string of the molecule is CC(O)N1CCC2(CC1)C(=O)N(C)c1cnc3ccc(-c4ccc(OCCCN(C)C)nc4)cc3c12. The van der Waals surface area contributed by atoms with Gasteiger partial charge in [-0.15, -0.1) is 0 Å². The predicted octanol–water partition coefficient (Wildman–Crippen LogP) is 3.28. The molecule has 2 aliphatic rings. The molecule has 0 bridgehead atoms. The number of aliphatic hydroxyl groups excluding tert-OH is 1. The molecule has 0 radical (unpaired) electrons. The smallest absolute Gasteiger partial charge is 0.237 e. The second-order valence-corrected chi connectivity index (χ2v) is 10.3. The van der Waals surface area contributed by atoms with Crippen LogP contribution in [-0.2, 0) is 10.2 Å². The van der Waals surface area contributed by atoms with E-state index in [2.05, 4.69) is 41.1 Å². The number of nitrogens with zero attached hydrogens (tertiary/aromatic N) is 5. The molecule has 0 saturated carbocycles. The average Bonchev–Trinajstić information content (AvgIpc) is 3.09. The minimum atomic E-state index is -0.586. The highest BCUT2D eigenvalue weighted by molar-refractivity contribution is 6.12. The first-order valence-corrected chi connectivity index (χ1v) is 12.7. The van der Waals surface area contributed by atoms with E-state index in [1.165, 1.54) is 0 Å². The number of benzene rings is 1. The summed E-state index contributed by atoms with van der Waals surface area (Å²) >= 11 is 0. The van der Waals surface area contributed by atoms with Gasteiger partial charge in [-0.25, -0.2) is 4.98 Å². The summed E-state index contributed by atoms with van der Waals surface area (Å²) in [6.45, 7) is 4.76. The first-order chi connectivity index (χ1) is 17.3. The number of aliphatic hydroxyl groups is 1. The Morgan fingerprint density at radius 1 is 1.11 bits per heavy atom. The summed E-state index contributed by atoms with van der Waals surface area (Å²) in [5.41, 5.74) is 4.27. The van der Waals surface area contributed by atoms with Gasteiger partial charge in [0.25, 0.3) is 0 Å². The molecule has 1 unspecified atom stereocenters. The van der Waals surface area contributed by atoms with Gasteiger partial charge in [0.15, 0.2) is 0 Å². The Bertz CT molecular complexity index is 1250. The van der Waals surface area contributed by atoms with Gasteiger partial charge in [-0.2, -0.15) is 0 Å². The lowest BCUT2D eigenvalue weighted by Crippen LogP contribution is -2.50. The molecule has 4 heterocycles. The molecule has 1 spiro atoms. The van der Waals surface area contributed by atoms with E-state index in [0.717, 1.165) is 46.2 Å². The highest BCUT2D eigenvalue weighted by atomic mass is 16.5. The van der Waals surface area contributed by atoms with Crippen molar-refractivity contribution in [3.63, 3.8) is 0 Å². The number of pyridine rings is 2. The minimum Gasteiger partial charge on any atom is -0.478 e. The Hall–Kier alpha value is -3.07. The number of piperidine rings is 1. The topological polar surface area (TPSA) is 82.0 Å². The van der Waals surface area contributed by atoms with Crippen LogP contribution in [0.25, 0.3) is 22.0 Å². The molecule has 5 rings (SSSR count). The van der Waals surface area contributed by atoms with Crippen molar-refractivity contribution in [1.82, 2.24) is 19.8 Å². The molecule has 190 valence electrons. The number of ether oxygens (including phenoxy) is 1. The zero-order chi connectivity index (χ0) is 25.4. The largest absolute Gasteiger partial charge is 0.478 e. The first-order valence-electron chi connectivity index (χ1n) is 12.7. The molecule has 3 aromatic rings. The average molecular weight is 490 g/mol. The number of carbonyl (C=O) groups is 1. The Balaban J connectivity index is 1.46. The fourth-order valence-corrected chi connectivity index (χ4v) is 5.59. The van der Waals surface area contributed by atoms with Crippen molar-refractivity contribution < 1.29 is 14.6 Å². The van der Waals surface area contributed by atoms with E-state index in [-0.39, 0.29) is 5.91 Å². The standard InChI is InChI=1S/C28H35N5O3/c1-19(34)33-13-10-28(11-14-33)26-22-16-20(6-8-23(22)29-18-24(26)32(4)27(28)35)21-7-9-25(30-17-21)36-15-5-12-31(2)3/h6-9,16-19,34H,5,10-15H2,1-4H3. The van der Waals surface area contributed by atoms with Crippen LogP contribution in [0.1, 0.15) is 31.7 Å². The maximum Gasteiger partial charge on any atom is 0.237 e. The van der Waals surface area contributed by atoms with Crippen molar-refractivity contribution >= 4 is 22.5 Å². The van der Waals surface area contributed by atoms with E-state index in [1.54, 1.807) is 11.8 Å². The molecule has 1 saturated heterocycles. The third-order valence-electron chi connectivity index (χ3n) is 7.65. The summed E-state index contributed by atoms with van der Waals surface area (Å²) in [5.74, 6) is 0.747. The number of carbonyl (C=O) groups excluding carboxylic acids is 1. The molecule has 8 nitrogen and oxygen atoms in total. The van der Waals surface area contributed by atoms with E-state index < -0.39 is 11.6 Å². The van der Waals surface area contributed by atoms with Gasteiger partial charge in [-0.05, 0) is 64.0 Å². The Kier molecular flexibility index (Phi) is 6.68. The summed E-state index contributed by atoms with van der Waals surface area (Å²) in [6.07, 6.45) is 5.47. The fraction of sp³-hybridized carbons (Fsp3) is 0.464.